The Morgan fingerprint density at radius 3 is 2.75 bits per heavy atom. The van der Waals surface area contributed by atoms with E-state index < -0.39 is 0 Å². The molecule has 0 amide bonds. The van der Waals surface area contributed by atoms with Gasteiger partial charge in [0, 0.05) is 19.2 Å². The zero-order chi connectivity index (χ0) is 14.5. The Balaban J connectivity index is 2.03. The van der Waals surface area contributed by atoms with Gasteiger partial charge in [-0.2, -0.15) is 4.98 Å². The number of hydrogen-bond donors (Lipinski definition) is 1. The van der Waals surface area contributed by atoms with Gasteiger partial charge in [-0.1, -0.05) is 0 Å². The van der Waals surface area contributed by atoms with Gasteiger partial charge in [-0.3, -0.25) is 4.57 Å². The van der Waals surface area contributed by atoms with Gasteiger partial charge in [-0.25, -0.2) is 4.98 Å². The van der Waals surface area contributed by atoms with Gasteiger partial charge < -0.3 is 15.2 Å². The summed E-state index contributed by atoms with van der Waals surface area (Å²) in [7, 11) is 1.60. The fourth-order valence-corrected chi connectivity index (χ4v) is 2.03. The van der Waals surface area contributed by atoms with Crippen LogP contribution < -0.4 is 10.5 Å². The van der Waals surface area contributed by atoms with Crippen molar-refractivity contribution < 1.29 is 9.47 Å². The number of hydrogen-bond acceptors (Lipinski definition) is 5. The molecule has 0 aliphatic rings. The first kappa shape index (κ1) is 14.6. The third-order valence-electron chi connectivity index (χ3n) is 3.03. The van der Waals surface area contributed by atoms with Crippen LogP contribution in [0, 0.1) is 0 Å². The maximum atomic E-state index is 5.95. The molecule has 20 heavy (non-hydrogen) atoms. The number of anilines is 1. The van der Waals surface area contributed by atoms with E-state index in [1.54, 1.807) is 13.2 Å². The van der Waals surface area contributed by atoms with Crippen molar-refractivity contribution in [1.82, 2.24) is 14.5 Å². The second-order valence-corrected chi connectivity index (χ2v) is 4.94. The number of unbranched alkanes of at least 4 members (excludes halogenated alkanes) is 1. The molecule has 0 spiro atoms. The van der Waals surface area contributed by atoms with Crippen LogP contribution in [-0.4, -0.2) is 34.4 Å². The monoisotopic (exact) mass is 278 g/mol. The molecule has 6 heteroatoms. The lowest BCUT2D eigenvalue weighted by Gasteiger charge is -2.08. The molecule has 0 radical (unpaired) electrons. The summed E-state index contributed by atoms with van der Waals surface area (Å²) in [6, 6.07) is 3.66. The lowest BCUT2D eigenvalue weighted by Crippen LogP contribution is -2.07. The van der Waals surface area contributed by atoms with Crippen molar-refractivity contribution in [2.75, 3.05) is 19.5 Å². The Bertz CT molecular complexity index is 566. The lowest BCUT2D eigenvalue weighted by atomic mass is 10.3. The van der Waals surface area contributed by atoms with E-state index >= 15 is 0 Å². The van der Waals surface area contributed by atoms with Crippen molar-refractivity contribution in [3.8, 4) is 5.88 Å². The lowest BCUT2D eigenvalue weighted by molar-refractivity contribution is 0.0755. The maximum Gasteiger partial charge on any atom is 0.215 e. The molecule has 2 heterocycles. The normalized spacial score (nSPS) is 11.4. The fourth-order valence-electron chi connectivity index (χ4n) is 2.03. The van der Waals surface area contributed by atoms with Crippen molar-refractivity contribution in [3.05, 3.63) is 12.1 Å². The molecular formula is C14H22N4O2. The SMILES string of the molecule is COc1ccc2nc(N)n(CCCCOC(C)C)c2n1. The van der Waals surface area contributed by atoms with Crippen molar-refractivity contribution in [3.63, 3.8) is 0 Å². The van der Waals surface area contributed by atoms with Gasteiger partial charge in [0.1, 0.15) is 5.52 Å². The molecular weight excluding hydrogens is 256 g/mol. The van der Waals surface area contributed by atoms with Crippen LogP contribution in [0.1, 0.15) is 26.7 Å². The molecule has 2 rings (SSSR count). The number of nitrogen functional groups attached to an aromatic ring is 1. The molecule has 2 N–H and O–H groups in total. The molecule has 0 saturated carbocycles. The highest BCUT2D eigenvalue weighted by Gasteiger charge is 2.10. The van der Waals surface area contributed by atoms with Gasteiger partial charge in [0.05, 0.1) is 13.2 Å². The molecule has 0 fully saturated rings. The van der Waals surface area contributed by atoms with E-state index in [1.165, 1.54) is 0 Å². The standard InChI is InChI=1S/C14H22N4O2/c1-10(2)20-9-5-4-8-18-13-11(16-14(18)15)6-7-12(17-13)19-3/h6-7,10H,4-5,8-9H2,1-3H3,(H2,15,16). The van der Waals surface area contributed by atoms with Crippen molar-refractivity contribution in [2.45, 2.75) is 39.3 Å². The molecule has 2 aromatic rings. The van der Waals surface area contributed by atoms with E-state index in [0.29, 0.717) is 11.8 Å². The molecule has 110 valence electrons. The highest BCUT2D eigenvalue weighted by molar-refractivity contribution is 5.74. The van der Waals surface area contributed by atoms with E-state index in [0.717, 1.165) is 37.2 Å². The summed E-state index contributed by atoms with van der Waals surface area (Å²) >= 11 is 0. The summed E-state index contributed by atoms with van der Waals surface area (Å²) in [6.45, 7) is 5.63. The van der Waals surface area contributed by atoms with Crippen LogP contribution in [0.15, 0.2) is 12.1 Å². The minimum absolute atomic E-state index is 0.278. The van der Waals surface area contributed by atoms with Crippen LogP contribution in [-0.2, 0) is 11.3 Å². The van der Waals surface area contributed by atoms with E-state index in [-0.39, 0.29) is 6.10 Å². The predicted molar refractivity (Wildman–Crippen MR) is 78.8 cm³/mol. The van der Waals surface area contributed by atoms with E-state index in [9.17, 15) is 0 Å². The number of aryl methyl sites for hydroxylation is 1. The number of aromatic nitrogens is 3. The molecule has 0 aliphatic heterocycles. The van der Waals surface area contributed by atoms with E-state index in [2.05, 4.69) is 9.97 Å². The summed E-state index contributed by atoms with van der Waals surface area (Å²) in [5.41, 5.74) is 7.51. The van der Waals surface area contributed by atoms with E-state index in [4.69, 9.17) is 15.2 Å². The Hall–Kier alpha value is -1.82. The van der Waals surface area contributed by atoms with Crippen LogP contribution >= 0.6 is 0 Å². The minimum Gasteiger partial charge on any atom is -0.481 e. The Kier molecular flexibility index (Phi) is 4.79. The van der Waals surface area contributed by atoms with Gasteiger partial charge >= 0.3 is 0 Å². The zero-order valence-electron chi connectivity index (χ0n) is 12.3. The summed E-state index contributed by atoms with van der Waals surface area (Å²) in [6.07, 6.45) is 2.24. The number of nitrogens with two attached hydrogens (primary N) is 1. The number of fused-ring (bicyclic) bond motifs is 1. The average molecular weight is 278 g/mol. The number of nitrogens with zero attached hydrogens (tertiary/aromatic N) is 3. The van der Waals surface area contributed by atoms with Gasteiger partial charge in [-0.15, -0.1) is 0 Å². The molecule has 0 bridgehead atoms. The molecule has 0 unspecified atom stereocenters. The van der Waals surface area contributed by atoms with Crippen LogP contribution in [0.2, 0.25) is 0 Å². The van der Waals surface area contributed by atoms with Gasteiger partial charge in [0.25, 0.3) is 0 Å². The highest BCUT2D eigenvalue weighted by atomic mass is 16.5. The van der Waals surface area contributed by atoms with Gasteiger partial charge in [0.15, 0.2) is 5.65 Å². The summed E-state index contributed by atoms with van der Waals surface area (Å²) in [5.74, 6) is 1.06. The molecule has 2 aromatic heterocycles. The third kappa shape index (κ3) is 3.39. The Morgan fingerprint density at radius 2 is 2.05 bits per heavy atom. The second-order valence-electron chi connectivity index (χ2n) is 4.94. The van der Waals surface area contributed by atoms with Crippen LogP contribution in [0.4, 0.5) is 5.95 Å². The quantitative estimate of drug-likeness (QED) is 0.786. The molecule has 0 aromatic carbocycles. The minimum atomic E-state index is 0.278. The second kappa shape index (κ2) is 6.56. The number of ether oxygens (including phenoxy) is 2. The van der Waals surface area contributed by atoms with Gasteiger partial charge in [0.2, 0.25) is 11.8 Å². The van der Waals surface area contributed by atoms with Crippen LogP contribution in [0.25, 0.3) is 11.2 Å². The largest absolute Gasteiger partial charge is 0.481 e. The predicted octanol–water partition coefficient (Wildman–Crippen LogP) is 2.23. The summed E-state index contributed by atoms with van der Waals surface area (Å²) in [5, 5.41) is 0. The zero-order valence-corrected chi connectivity index (χ0v) is 12.3. The number of rotatable bonds is 7. The Labute approximate surface area is 118 Å². The number of methoxy groups -OCH3 is 1. The molecule has 6 nitrogen and oxygen atoms in total. The van der Waals surface area contributed by atoms with Crippen molar-refractivity contribution >= 4 is 17.1 Å². The van der Waals surface area contributed by atoms with Gasteiger partial charge in [-0.05, 0) is 32.8 Å². The first-order chi connectivity index (χ1) is 9.61. The smallest absolute Gasteiger partial charge is 0.215 e. The molecule has 0 aliphatic carbocycles. The first-order valence-electron chi connectivity index (χ1n) is 6.90. The average Bonchev–Trinajstić information content (AvgIpc) is 2.73. The number of imidazole rings is 1. The maximum absolute atomic E-state index is 5.95. The topological polar surface area (TPSA) is 75.2 Å². The molecule has 0 saturated heterocycles. The van der Waals surface area contributed by atoms with Crippen molar-refractivity contribution in [2.24, 2.45) is 0 Å². The summed E-state index contributed by atoms with van der Waals surface area (Å²) in [4.78, 5) is 8.72. The highest BCUT2D eigenvalue weighted by Crippen LogP contribution is 2.19. The Morgan fingerprint density at radius 1 is 1.25 bits per heavy atom. The van der Waals surface area contributed by atoms with Crippen LogP contribution in [0.3, 0.4) is 0 Å². The third-order valence-corrected chi connectivity index (χ3v) is 3.03. The van der Waals surface area contributed by atoms with Crippen molar-refractivity contribution in [1.29, 1.82) is 0 Å². The fraction of sp³-hybridized carbons (Fsp3) is 0.571. The molecule has 0 atom stereocenters. The number of pyridine rings is 1. The first-order valence-corrected chi connectivity index (χ1v) is 6.90. The van der Waals surface area contributed by atoms with Crippen LogP contribution in [0.5, 0.6) is 5.88 Å². The summed E-state index contributed by atoms with van der Waals surface area (Å²) < 4.78 is 12.6. The van der Waals surface area contributed by atoms with E-state index in [1.807, 2.05) is 24.5 Å².